The summed E-state index contributed by atoms with van der Waals surface area (Å²) in [6.07, 6.45) is 0. The second kappa shape index (κ2) is 8.11. The predicted molar refractivity (Wildman–Crippen MR) is 95.8 cm³/mol. The number of aryl methyl sites for hydroxylation is 1. The fourth-order valence-corrected chi connectivity index (χ4v) is 3.71. The first-order chi connectivity index (χ1) is 12.3. The van der Waals surface area contributed by atoms with Crippen LogP contribution in [0.3, 0.4) is 0 Å². The lowest BCUT2D eigenvalue weighted by Crippen LogP contribution is -2.36. The zero-order valence-electron chi connectivity index (χ0n) is 14.5. The third-order valence-corrected chi connectivity index (χ3v) is 5.72. The molecule has 0 spiro atoms. The van der Waals surface area contributed by atoms with E-state index in [0.717, 1.165) is 15.4 Å². The first-order valence-electron chi connectivity index (χ1n) is 7.77. The Hall–Kier alpha value is -2.71. The smallest absolute Gasteiger partial charge is 0.321 e. The van der Waals surface area contributed by atoms with E-state index in [1.165, 1.54) is 31.4 Å². The molecule has 0 atom stereocenters. The molecule has 8 heteroatoms. The van der Waals surface area contributed by atoms with Gasteiger partial charge in [-0.15, -0.1) is 0 Å². The van der Waals surface area contributed by atoms with Gasteiger partial charge in [0.2, 0.25) is 15.9 Å². The van der Waals surface area contributed by atoms with Crippen LogP contribution in [0.2, 0.25) is 0 Å². The molecule has 7 nitrogen and oxygen atoms in total. The van der Waals surface area contributed by atoms with Gasteiger partial charge in [-0.05, 0) is 42.3 Å². The molecule has 0 aromatic heterocycles. The van der Waals surface area contributed by atoms with E-state index in [-0.39, 0.29) is 17.0 Å². The SMILES string of the molecule is COC(=O)CN(Cc1ccccc1C)S(=O)(=O)c1ccc(C(N)=O)cc1. The Morgan fingerprint density at radius 3 is 2.23 bits per heavy atom. The molecule has 0 aliphatic heterocycles. The van der Waals surface area contributed by atoms with Crippen LogP contribution in [0.5, 0.6) is 0 Å². The van der Waals surface area contributed by atoms with Gasteiger partial charge in [-0.3, -0.25) is 9.59 Å². The number of nitrogens with zero attached hydrogens (tertiary/aromatic N) is 1. The van der Waals surface area contributed by atoms with Crippen LogP contribution in [-0.2, 0) is 26.1 Å². The Kier molecular flexibility index (Phi) is 6.12. The highest BCUT2D eigenvalue weighted by molar-refractivity contribution is 7.89. The first kappa shape index (κ1) is 19.6. The molecule has 0 fully saturated rings. The minimum absolute atomic E-state index is 0.0156. The molecule has 0 unspecified atom stereocenters. The van der Waals surface area contributed by atoms with Crippen molar-refractivity contribution >= 4 is 21.9 Å². The highest BCUT2D eigenvalue weighted by atomic mass is 32.2. The number of esters is 1. The number of benzene rings is 2. The Labute approximate surface area is 152 Å². The number of carbonyl (C=O) groups excluding carboxylic acids is 2. The van der Waals surface area contributed by atoms with Gasteiger partial charge in [0.1, 0.15) is 6.54 Å². The minimum Gasteiger partial charge on any atom is -0.468 e. The second-order valence-corrected chi connectivity index (χ2v) is 7.60. The van der Waals surface area contributed by atoms with Crippen LogP contribution in [0.25, 0.3) is 0 Å². The summed E-state index contributed by atoms with van der Waals surface area (Å²) in [6.45, 7) is 1.45. The summed E-state index contributed by atoms with van der Waals surface area (Å²) < 4.78 is 31.6. The molecule has 2 aromatic carbocycles. The molecular formula is C18H20N2O5S. The molecule has 0 aliphatic rings. The van der Waals surface area contributed by atoms with Gasteiger partial charge >= 0.3 is 5.97 Å². The van der Waals surface area contributed by atoms with Crippen molar-refractivity contribution in [3.8, 4) is 0 Å². The van der Waals surface area contributed by atoms with Crippen molar-refractivity contribution in [1.82, 2.24) is 4.31 Å². The molecule has 0 radical (unpaired) electrons. The zero-order chi connectivity index (χ0) is 19.3. The summed E-state index contributed by atoms with van der Waals surface area (Å²) in [7, 11) is -2.79. The molecule has 0 heterocycles. The lowest BCUT2D eigenvalue weighted by molar-refractivity contribution is -0.140. The van der Waals surface area contributed by atoms with Crippen molar-refractivity contribution in [3.05, 3.63) is 65.2 Å². The Morgan fingerprint density at radius 1 is 1.08 bits per heavy atom. The molecule has 1 amide bonds. The standard InChI is InChI=1S/C18H20N2O5S/c1-13-5-3-4-6-15(13)11-20(12-17(21)25-2)26(23,24)16-9-7-14(8-10-16)18(19)22/h3-10H,11-12H2,1-2H3,(H2,19,22). The molecule has 0 bridgehead atoms. The molecule has 0 aliphatic carbocycles. The number of amides is 1. The maximum absolute atomic E-state index is 13.0. The van der Waals surface area contributed by atoms with Crippen LogP contribution in [-0.4, -0.2) is 38.3 Å². The second-order valence-electron chi connectivity index (χ2n) is 5.66. The number of methoxy groups -OCH3 is 1. The van der Waals surface area contributed by atoms with Gasteiger partial charge in [-0.1, -0.05) is 24.3 Å². The molecule has 138 valence electrons. The number of carbonyl (C=O) groups is 2. The van der Waals surface area contributed by atoms with Crippen LogP contribution in [0, 0.1) is 6.92 Å². The Bertz CT molecular complexity index is 907. The molecule has 2 N–H and O–H groups in total. The highest BCUT2D eigenvalue weighted by Gasteiger charge is 2.27. The zero-order valence-corrected chi connectivity index (χ0v) is 15.3. The van der Waals surface area contributed by atoms with E-state index in [2.05, 4.69) is 4.74 Å². The normalized spacial score (nSPS) is 11.3. The molecular weight excluding hydrogens is 356 g/mol. The molecule has 0 saturated heterocycles. The fraction of sp³-hybridized carbons (Fsp3) is 0.222. The third-order valence-electron chi connectivity index (χ3n) is 3.92. The molecule has 2 rings (SSSR count). The van der Waals surface area contributed by atoms with Crippen molar-refractivity contribution in [2.75, 3.05) is 13.7 Å². The maximum Gasteiger partial charge on any atom is 0.321 e. The lowest BCUT2D eigenvalue weighted by atomic mass is 10.1. The maximum atomic E-state index is 13.0. The number of primary amides is 1. The van der Waals surface area contributed by atoms with E-state index >= 15 is 0 Å². The van der Waals surface area contributed by atoms with E-state index in [9.17, 15) is 18.0 Å². The quantitative estimate of drug-likeness (QED) is 0.736. The van der Waals surface area contributed by atoms with Crippen molar-refractivity contribution in [3.63, 3.8) is 0 Å². The van der Waals surface area contributed by atoms with Crippen LogP contribution in [0.4, 0.5) is 0 Å². The van der Waals surface area contributed by atoms with Gasteiger partial charge in [-0.2, -0.15) is 4.31 Å². The predicted octanol–water partition coefficient (Wildman–Crippen LogP) is 1.46. The average molecular weight is 376 g/mol. The minimum atomic E-state index is -3.98. The Balaban J connectivity index is 2.40. The van der Waals surface area contributed by atoms with Gasteiger partial charge < -0.3 is 10.5 Å². The van der Waals surface area contributed by atoms with E-state index in [1.807, 2.05) is 19.1 Å². The molecule has 0 saturated carbocycles. The number of nitrogens with two attached hydrogens (primary N) is 1. The number of rotatable bonds is 7. The van der Waals surface area contributed by atoms with Crippen molar-refractivity contribution < 1.29 is 22.7 Å². The van der Waals surface area contributed by atoms with Gasteiger partial charge in [0.05, 0.1) is 12.0 Å². The summed E-state index contributed by atoms with van der Waals surface area (Å²) >= 11 is 0. The molecule has 26 heavy (non-hydrogen) atoms. The number of ether oxygens (including phenoxy) is 1. The summed E-state index contributed by atoms with van der Waals surface area (Å²) in [6, 6.07) is 12.5. The first-order valence-corrected chi connectivity index (χ1v) is 9.21. The number of sulfonamides is 1. The van der Waals surface area contributed by atoms with Crippen LogP contribution >= 0.6 is 0 Å². The summed E-state index contributed by atoms with van der Waals surface area (Å²) in [5.41, 5.74) is 7.05. The fourth-order valence-electron chi connectivity index (χ4n) is 2.35. The van der Waals surface area contributed by atoms with Crippen molar-refractivity contribution in [2.24, 2.45) is 5.73 Å². The number of hydrogen-bond acceptors (Lipinski definition) is 5. The summed E-state index contributed by atoms with van der Waals surface area (Å²) in [5, 5.41) is 0. The summed E-state index contributed by atoms with van der Waals surface area (Å²) in [5.74, 6) is -1.32. The van der Waals surface area contributed by atoms with Gasteiger partial charge in [0.25, 0.3) is 0 Å². The molecule has 2 aromatic rings. The van der Waals surface area contributed by atoms with E-state index in [1.54, 1.807) is 12.1 Å². The van der Waals surface area contributed by atoms with E-state index in [0.29, 0.717) is 0 Å². The monoisotopic (exact) mass is 376 g/mol. The summed E-state index contributed by atoms with van der Waals surface area (Å²) in [4.78, 5) is 22.8. The lowest BCUT2D eigenvalue weighted by Gasteiger charge is -2.22. The van der Waals surface area contributed by atoms with Gasteiger partial charge in [-0.25, -0.2) is 8.42 Å². The van der Waals surface area contributed by atoms with Crippen LogP contribution < -0.4 is 5.73 Å². The Morgan fingerprint density at radius 2 is 1.69 bits per heavy atom. The highest BCUT2D eigenvalue weighted by Crippen LogP contribution is 2.20. The van der Waals surface area contributed by atoms with Gasteiger partial charge in [0.15, 0.2) is 0 Å². The largest absolute Gasteiger partial charge is 0.468 e. The number of hydrogen-bond donors (Lipinski definition) is 1. The van der Waals surface area contributed by atoms with Crippen molar-refractivity contribution in [2.45, 2.75) is 18.4 Å². The third kappa shape index (κ3) is 4.47. The van der Waals surface area contributed by atoms with E-state index < -0.39 is 28.4 Å². The van der Waals surface area contributed by atoms with Crippen molar-refractivity contribution in [1.29, 1.82) is 0 Å². The topological polar surface area (TPSA) is 107 Å². The van der Waals surface area contributed by atoms with Gasteiger partial charge in [0, 0.05) is 12.1 Å². The van der Waals surface area contributed by atoms with Crippen LogP contribution in [0.15, 0.2) is 53.4 Å². The van der Waals surface area contributed by atoms with Crippen LogP contribution in [0.1, 0.15) is 21.5 Å². The average Bonchev–Trinajstić information content (AvgIpc) is 2.62. The van der Waals surface area contributed by atoms with E-state index in [4.69, 9.17) is 5.73 Å².